The summed E-state index contributed by atoms with van der Waals surface area (Å²) in [5, 5.41) is 4.99. The zero-order valence-electron chi connectivity index (χ0n) is 14.3. The van der Waals surface area contributed by atoms with Crippen LogP contribution < -0.4 is 0 Å². The van der Waals surface area contributed by atoms with Crippen LogP contribution in [0.25, 0.3) is 0 Å². The maximum Gasteiger partial charge on any atom is 0.0715 e. The number of likely N-dealkylation sites (tertiary alicyclic amines) is 1. The molecule has 0 amide bonds. The highest BCUT2D eigenvalue weighted by Crippen LogP contribution is 2.34. The molecule has 0 saturated carbocycles. The van der Waals surface area contributed by atoms with E-state index in [1.54, 1.807) is 0 Å². The van der Waals surface area contributed by atoms with Crippen molar-refractivity contribution in [1.29, 1.82) is 0 Å². The zero-order chi connectivity index (χ0) is 15.1. The van der Waals surface area contributed by atoms with Crippen molar-refractivity contribution in [3.05, 3.63) is 17.5 Å². The smallest absolute Gasteiger partial charge is 0.0715 e. The first-order chi connectivity index (χ1) is 9.09. The lowest BCUT2D eigenvalue weighted by Crippen LogP contribution is -2.31. The van der Waals surface area contributed by atoms with Crippen molar-refractivity contribution >= 4 is 0 Å². The van der Waals surface area contributed by atoms with Crippen LogP contribution in [0, 0.1) is 0 Å². The minimum atomic E-state index is 0.110. The fourth-order valence-electron chi connectivity index (χ4n) is 2.94. The number of hydrogen-bond donors (Lipinski definition) is 0. The van der Waals surface area contributed by atoms with Crippen molar-refractivity contribution in [2.24, 2.45) is 0 Å². The van der Waals surface area contributed by atoms with E-state index in [1.165, 1.54) is 37.2 Å². The van der Waals surface area contributed by atoms with Gasteiger partial charge in [-0.3, -0.25) is 4.68 Å². The Kier molecular flexibility index (Phi) is 4.03. The van der Waals surface area contributed by atoms with Crippen LogP contribution in [0.1, 0.15) is 71.7 Å². The molecule has 0 unspecified atom stereocenters. The average Bonchev–Trinajstić information content (AvgIpc) is 2.74. The number of rotatable bonds is 1. The number of nitrogens with zero attached hydrogens (tertiary/aromatic N) is 3. The molecule has 0 N–H and O–H groups in total. The van der Waals surface area contributed by atoms with E-state index in [2.05, 4.69) is 64.4 Å². The van der Waals surface area contributed by atoms with Crippen molar-refractivity contribution in [3.8, 4) is 0 Å². The standard InChI is InChI=1S/C17H31N3/c1-16(2,3)14-12-20(18-15(14)17(4,5)6)13-8-10-19(7)11-9-13/h12-13H,8-11H2,1-7H3. The van der Waals surface area contributed by atoms with Gasteiger partial charge in [0.2, 0.25) is 0 Å². The summed E-state index contributed by atoms with van der Waals surface area (Å²) in [6, 6.07) is 0.573. The lowest BCUT2D eigenvalue weighted by molar-refractivity contribution is 0.211. The molecule has 20 heavy (non-hydrogen) atoms. The Labute approximate surface area is 124 Å². The van der Waals surface area contributed by atoms with Crippen LogP contribution in [0.3, 0.4) is 0 Å². The maximum atomic E-state index is 4.99. The second-order valence-electron chi connectivity index (χ2n) is 8.41. The average molecular weight is 277 g/mol. The largest absolute Gasteiger partial charge is 0.306 e. The summed E-state index contributed by atoms with van der Waals surface area (Å²) in [7, 11) is 2.21. The number of piperidine rings is 1. The van der Waals surface area contributed by atoms with Gasteiger partial charge < -0.3 is 4.90 Å². The fraction of sp³-hybridized carbons (Fsp3) is 0.824. The quantitative estimate of drug-likeness (QED) is 0.779. The molecule has 2 rings (SSSR count). The van der Waals surface area contributed by atoms with Gasteiger partial charge in [-0.25, -0.2) is 0 Å². The highest BCUT2D eigenvalue weighted by molar-refractivity contribution is 5.30. The molecule has 3 nitrogen and oxygen atoms in total. The summed E-state index contributed by atoms with van der Waals surface area (Å²) in [6.45, 7) is 16.0. The highest BCUT2D eigenvalue weighted by Gasteiger charge is 2.30. The van der Waals surface area contributed by atoms with Crippen molar-refractivity contribution in [2.75, 3.05) is 20.1 Å². The monoisotopic (exact) mass is 277 g/mol. The van der Waals surface area contributed by atoms with Crippen molar-refractivity contribution in [1.82, 2.24) is 14.7 Å². The molecule has 114 valence electrons. The van der Waals surface area contributed by atoms with Crippen LogP contribution >= 0.6 is 0 Å². The van der Waals surface area contributed by atoms with Crippen LogP contribution in [0.2, 0.25) is 0 Å². The van der Waals surface area contributed by atoms with Crippen molar-refractivity contribution in [2.45, 2.75) is 71.3 Å². The first kappa shape index (κ1) is 15.6. The van der Waals surface area contributed by atoms with Crippen LogP contribution in [0.5, 0.6) is 0 Å². The van der Waals surface area contributed by atoms with Gasteiger partial charge in [0.15, 0.2) is 0 Å². The van der Waals surface area contributed by atoms with E-state index >= 15 is 0 Å². The molecule has 1 aromatic rings. The summed E-state index contributed by atoms with van der Waals surface area (Å²) < 4.78 is 2.26. The Morgan fingerprint density at radius 3 is 1.95 bits per heavy atom. The fourth-order valence-corrected chi connectivity index (χ4v) is 2.94. The minimum Gasteiger partial charge on any atom is -0.306 e. The third kappa shape index (κ3) is 3.25. The van der Waals surface area contributed by atoms with Crippen LogP contribution in [-0.4, -0.2) is 34.8 Å². The molecular weight excluding hydrogens is 246 g/mol. The third-order valence-electron chi connectivity index (χ3n) is 4.31. The van der Waals surface area contributed by atoms with E-state index in [4.69, 9.17) is 5.10 Å². The molecule has 0 aliphatic carbocycles. The van der Waals surface area contributed by atoms with Gasteiger partial charge in [0, 0.05) is 11.6 Å². The minimum absolute atomic E-state index is 0.110. The van der Waals surface area contributed by atoms with Gasteiger partial charge >= 0.3 is 0 Å². The van der Waals surface area contributed by atoms with Gasteiger partial charge in [-0.15, -0.1) is 0 Å². The van der Waals surface area contributed by atoms with E-state index in [-0.39, 0.29) is 10.8 Å². The number of hydrogen-bond acceptors (Lipinski definition) is 2. The Morgan fingerprint density at radius 2 is 1.55 bits per heavy atom. The summed E-state index contributed by atoms with van der Waals surface area (Å²) in [6.07, 6.45) is 4.74. The first-order valence-electron chi connectivity index (χ1n) is 7.87. The lowest BCUT2D eigenvalue weighted by Gasteiger charge is -2.29. The van der Waals surface area contributed by atoms with Gasteiger partial charge in [-0.1, -0.05) is 41.5 Å². The molecule has 0 radical (unpaired) electrons. The maximum absolute atomic E-state index is 4.99. The molecule has 2 heterocycles. The SMILES string of the molecule is CN1CCC(n2cc(C(C)(C)C)c(C(C)(C)C)n2)CC1. The normalized spacial score (nSPS) is 19.6. The van der Waals surface area contributed by atoms with Gasteiger partial charge in [0.05, 0.1) is 11.7 Å². The molecule has 0 aromatic carbocycles. The Hall–Kier alpha value is -0.830. The summed E-state index contributed by atoms with van der Waals surface area (Å²) >= 11 is 0. The highest BCUT2D eigenvalue weighted by atomic mass is 15.3. The van der Waals surface area contributed by atoms with E-state index in [0.29, 0.717) is 6.04 Å². The molecule has 1 aromatic heterocycles. The van der Waals surface area contributed by atoms with Crippen LogP contribution in [0.4, 0.5) is 0 Å². The zero-order valence-corrected chi connectivity index (χ0v) is 14.3. The summed E-state index contributed by atoms with van der Waals surface area (Å²) in [4.78, 5) is 2.41. The summed E-state index contributed by atoms with van der Waals surface area (Å²) in [5.41, 5.74) is 2.94. The van der Waals surface area contributed by atoms with Crippen molar-refractivity contribution in [3.63, 3.8) is 0 Å². The van der Waals surface area contributed by atoms with E-state index < -0.39 is 0 Å². The van der Waals surface area contributed by atoms with E-state index in [1.807, 2.05) is 0 Å². The molecule has 0 spiro atoms. The van der Waals surface area contributed by atoms with Gasteiger partial charge in [-0.05, 0) is 44.0 Å². The predicted octanol–water partition coefficient (Wildman–Crippen LogP) is 3.74. The van der Waals surface area contributed by atoms with Gasteiger partial charge in [0.25, 0.3) is 0 Å². The molecule has 1 saturated heterocycles. The Balaban J connectivity index is 2.35. The molecule has 1 aliphatic heterocycles. The predicted molar refractivity (Wildman–Crippen MR) is 85.4 cm³/mol. The van der Waals surface area contributed by atoms with Gasteiger partial charge in [-0.2, -0.15) is 5.10 Å². The second kappa shape index (κ2) is 5.18. The lowest BCUT2D eigenvalue weighted by atomic mass is 9.80. The van der Waals surface area contributed by atoms with Crippen LogP contribution in [0.15, 0.2) is 6.20 Å². The van der Waals surface area contributed by atoms with Crippen LogP contribution in [-0.2, 0) is 10.8 Å². The van der Waals surface area contributed by atoms with E-state index in [9.17, 15) is 0 Å². The molecule has 0 bridgehead atoms. The van der Waals surface area contributed by atoms with Gasteiger partial charge in [0.1, 0.15) is 0 Å². The van der Waals surface area contributed by atoms with Crippen molar-refractivity contribution < 1.29 is 0 Å². The molecule has 1 aliphatic rings. The molecule has 0 atom stereocenters. The Bertz CT molecular complexity index is 420. The van der Waals surface area contributed by atoms with E-state index in [0.717, 1.165) is 0 Å². The molecular formula is C17H31N3. The topological polar surface area (TPSA) is 21.1 Å². The second-order valence-corrected chi connectivity index (χ2v) is 8.41. The molecule has 3 heteroatoms. The Morgan fingerprint density at radius 1 is 1.00 bits per heavy atom. The molecule has 1 fully saturated rings. The summed E-state index contributed by atoms with van der Waals surface area (Å²) in [5.74, 6) is 0. The third-order valence-corrected chi connectivity index (χ3v) is 4.31. The first-order valence-corrected chi connectivity index (χ1v) is 7.87. The number of aromatic nitrogens is 2.